The van der Waals surface area contributed by atoms with Crippen molar-refractivity contribution in [3.05, 3.63) is 79.3 Å². The number of aromatic amines is 2. The van der Waals surface area contributed by atoms with E-state index in [0.717, 1.165) is 0 Å². The summed E-state index contributed by atoms with van der Waals surface area (Å²) in [5, 5.41) is 10.5. The second-order valence-electron chi connectivity index (χ2n) is 5.38. The van der Waals surface area contributed by atoms with Crippen molar-refractivity contribution in [1.29, 1.82) is 0 Å². The SMILES string of the molecule is O=c1[nH][nH]c(=O)c2c1c(-c1ccc(Cl)cc1)nn2-c1ccc(Cl)cc1. The molecule has 0 aliphatic carbocycles. The highest BCUT2D eigenvalue weighted by Gasteiger charge is 2.19. The molecule has 4 aromatic rings. The fraction of sp³-hybridized carbons (Fsp3) is 0. The summed E-state index contributed by atoms with van der Waals surface area (Å²) in [5.74, 6) is 0. The molecule has 6 nitrogen and oxygen atoms in total. The molecule has 124 valence electrons. The predicted molar refractivity (Wildman–Crippen MR) is 97.8 cm³/mol. The summed E-state index contributed by atoms with van der Waals surface area (Å²) >= 11 is 11.9. The molecule has 4 rings (SSSR count). The van der Waals surface area contributed by atoms with Gasteiger partial charge in [0, 0.05) is 15.6 Å². The first kappa shape index (κ1) is 15.7. The highest BCUT2D eigenvalue weighted by molar-refractivity contribution is 6.30. The third kappa shape index (κ3) is 2.65. The number of nitrogens with one attached hydrogen (secondary N) is 2. The zero-order valence-electron chi connectivity index (χ0n) is 12.6. The van der Waals surface area contributed by atoms with Crippen LogP contribution in [-0.4, -0.2) is 20.0 Å². The summed E-state index contributed by atoms with van der Waals surface area (Å²) in [6.45, 7) is 0. The van der Waals surface area contributed by atoms with Crippen LogP contribution in [0.25, 0.3) is 27.8 Å². The van der Waals surface area contributed by atoms with Crippen molar-refractivity contribution in [1.82, 2.24) is 20.0 Å². The summed E-state index contributed by atoms with van der Waals surface area (Å²) in [6, 6.07) is 13.7. The monoisotopic (exact) mass is 372 g/mol. The van der Waals surface area contributed by atoms with Crippen LogP contribution in [0.15, 0.2) is 58.1 Å². The van der Waals surface area contributed by atoms with E-state index < -0.39 is 11.1 Å². The molecule has 2 N–H and O–H groups in total. The number of halogens is 2. The maximum atomic E-state index is 12.4. The fourth-order valence-corrected chi connectivity index (χ4v) is 2.91. The average molecular weight is 373 g/mol. The lowest BCUT2D eigenvalue weighted by Crippen LogP contribution is -2.20. The number of hydrogen-bond acceptors (Lipinski definition) is 3. The van der Waals surface area contributed by atoms with Crippen molar-refractivity contribution in [3.8, 4) is 16.9 Å². The van der Waals surface area contributed by atoms with Crippen molar-refractivity contribution < 1.29 is 0 Å². The number of aromatic nitrogens is 4. The van der Waals surface area contributed by atoms with Gasteiger partial charge in [-0.15, -0.1) is 0 Å². The summed E-state index contributed by atoms with van der Waals surface area (Å²) in [4.78, 5) is 24.7. The van der Waals surface area contributed by atoms with Gasteiger partial charge in [-0.1, -0.05) is 35.3 Å². The largest absolute Gasteiger partial charge is 0.289 e. The molecule has 0 spiro atoms. The van der Waals surface area contributed by atoms with E-state index in [2.05, 4.69) is 15.3 Å². The first-order valence-electron chi connectivity index (χ1n) is 7.30. The van der Waals surface area contributed by atoms with Gasteiger partial charge in [0.05, 0.1) is 5.69 Å². The first-order valence-corrected chi connectivity index (χ1v) is 8.06. The van der Waals surface area contributed by atoms with Crippen molar-refractivity contribution in [3.63, 3.8) is 0 Å². The zero-order chi connectivity index (χ0) is 17.6. The van der Waals surface area contributed by atoms with Crippen LogP contribution in [0.4, 0.5) is 0 Å². The van der Waals surface area contributed by atoms with E-state index in [0.29, 0.717) is 27.0 Å². The van der Waals surface area contributed by atoms with Crippen LogP contribution in [0.2, 0.25) is 10.0 Å². The summed E-state index contributed by atoms with van der Waals surface area (Å²) in [6.07, 6.45) is 0. The van der Waals surface area contributed by atoms with Gasteiger partial charge in [-0.3, -0.25) is 19.8 Å². The molecule has 0 aliphatic rings. The number of hydrogen-bond donors (Lipinski definition) is 2. The molecule has 0 saturated heterocycles. The van der Waals surface area contributed by atoms with Crippen LogP contribution >= 0.6 is 23.2 Å². The van der Waals surface area contributed by atoms with Gasteiger partial charge < -0.3 is 0 Å². The Morgan fingerprint density at radius 1 is 0.800 bits per heavy atom. The molecule has 2 heterocycles. The van der Waals surface area contributed by atoms with Crippen molar-refractivity contribution >= 4 is 34.1 Å². The molecule has 8 heteroatoms. The molecule has 0 unspecified atom stereocenters. The average Bonchev–Trinajstić information content (AvgIpc) is 3.01. The topological polar surface area (TPSA) is 83.5 Å². The molecule has 25 heavy (non-hydrogen) atoms. The number of nitrogens with zero attached hydrogens (tertiary/aromatic N) is 2. The maximum absolute atomic E-state index is 12.4. The fourth-order valence-electron chi connectivity index (χ4n) is 2.66. The Hall–Kier alpha value is -2.83. The van der Waals surface area contributed by atoms with E-state index in [9.17, 15) is 9.59 Å². The van der Waals surface area contributed by atoms with Gasteiger partial charge in [0.2, 0.25) is 0 Å². The van der Waals surface area contributed by atoms with Crippen molar-refractivity contribution in [2.45, 2.75) is 0 Å². The van der Waals surface area contributed by atoms with Crippen molar-refractivity contribution in [2.24, 2.45) is 0 Å². The van der Waals surface area contributed by atoms with Gasteiger partial charge in [0.15, 0.2) is 0 Å². The molecular weight excluding hydrogens is 363 g/mol. The smallest absolute Gasteiger partial charge is 0.267 e. The minimum Gasteiger partial charge on any atom is -0.267 e. The number of H-pyrrole nitrogens is 2. The second-order valence-corrected chi connectivity index (χ2v) is 6.25. The second kappa shape index (κ2) is 5.91. The lowest BCUT2D eigenvalue weighted by atomic mass is 10.1. The van der Waals surface area contributed by atoms with Crippen LogP contribution < -0.4 is 11.1 Å². The molecule has 0 atom stereocenters. The lowest BCUT2D eigenvalue weighted by molar-refractivity contribution is 0.896. The van der Waals surface area contributed by atoms with Crippen LogP contribution in [0, 0.1) is 0 Å². The molecular formula is C17H10Cl2N4O2. The number of rotatable bonds is 2. The summed E-state index contributed by atoms with van der Waals surface area (Å²) in [7, 11) is 0. The Morgan fingerprint density at radius 2 is 1.36 bits per heavy atom. The number of benzene rings is 2. The van der Waals surface area contributed by atoms with Crippen LogP contribution in [-0.2, 0) is 0 Å². The van der Waals surface area contributed by atoms with E-state index in [1.54, 1.807) is 48.5 Å². The van der Waals surface area contributed by atoms with Gasteiger partial charge >= 0.3 is 0 Å². The minimum absolute atomic E-state index is 0.163. The number of fused-ring (bicyclic) bond motifs is 1. The lowest BCUT2D eigenvalue weighted by Gasteiger charge is -2.02. The summed E-state index contributed by atoms with van der Waals surface area (Å²) < 4.78 is 1.43. The van der Waals surface area contributed by atoms with Crippen molar-refractivity contribution in [2.75, 3.05) is 0 Å². The Labute approximate surface area is 150 Å². The molecule has 2 aromatic heterocycles. The van der Waals surface area contributed by atoms with E-state index in [-0.39, 0.29) is 10.9 Å². The standard InChI is InChI=1S/C17H10Cl2N4O2/c18-10-3-1-9(2-4-10)14-13-15(17(25)21-20-16(13)24)23(22-14)12-7-5-11(19)6-8-12/h1-8H,(H,20,24)(H,21,25). The van der Waals surface area contributed by atoms with Gasteiger partial charge in [0.1, 0.15) is 16.6 Å². The summed E-state index contributed by atoms with van der Waals surface area (Å²) in [5.41, 5.74) is 0.978. The van der Waals surface area contributed by atoms with E-state index >= 15 is 0 Å². The van der Waals surface area contributed by atoms with E-state index in [1.807, 2.05) is 0 Å². The Bertz CT molecular complexity index is 1100. The molecule has 0 bridgehead atoms. The molecule has 0 radical (unpaired) electrons. The third-order valence-electron chi connectivity index (χ3n) is 3.81. The highest BCUT2D eigenvalue weighted by Crippen LogP contribution is 2.27. The van der Waals surface area contributed by atoms with Gasteiger partial charge in [0.25, 0.3) is 11.1 Å². The Kier molecular flexibility index (Phi) is 3.71. The van der Waals surface area contributed by atoms with Crippen LogP contribution in [0.3, 0.4) is 0 Å². The van der Waals surface area contributed by atoms with E-state index in [1.165, 1.54) is 4.68 Å². The Morgan fingerprint density at radius 3 is 2.00 bits per heavy atom. The highest BCUT2D eigenvalue weighted by atomic mass is 35.5. The molecule has 0 fully saturated rings. The third-order valence-corrected chi connectivity index (χ3v) is 4.31. The minimum atomic E-state index is -0.447. The first-order chi connectivity index (χ1) is 12.0. The van der Waals surface area contributed by atoms with Gasteiger partial charge in [-0.25, -0.2) is 4.68 Å². The van der Waals surface area contributed by atoms with Crippen LogP contribution in [0.1, 0.15) is 0 Å². The molecule has 0 amide bonds. The zero-order valence-corrected chi connectivity index (χ0v) is 14.1. The maximum Gasteiger partial charge on any atom is 0.289 e. The quantitative estimate of drug-likeness (QED) is 0.565. The van der Waals surface area contributed by atoms with E-state index in [4.69, 9.17) is 23.2 Å². The van der Waals surface area contributed by atoms with Crippen LogP contribution in [0.5, 0.6) is 0 Å². The normalized spacial score (nSPS) is 11.1. The van der Waals surface area contributed by atoms with Gasteiger partial charge in [-0.2, -0.15) is 5.10 Å². The molecule has 2 aromatic carbocycles. The molecule has 0 saturated carbocycles. The van der Waals surface area contributed by atoms with Gasteiger partial charge in [-0.05, 0) is 36.4 Å². The molecule has 0 aliphatic heterocycles. The predicted octanol–water partition coefficient (Wildman–Crippen LogP) is 3.38. The Balaban J connectivity index is 2.10.